The van der Waals surface area contributed by atoms with E-state index >= 15 is 0 Å². The average Bonchev–Trinajstić information content (AvgIpc) is 3.41. The average molecular weight is 479 g/mol. The molecule has 1 aliphatic heterocycles. The largest absolute Gasteiger partial charge is 0.355 e. The van der Waals surface area contributed by atoms with Crippen molar-refractivity contribution in [3.05, 3.63) is 64.2 Å². The fraction of sp³-hybridized carbons (Fsp3) is 0.318. The second kappa shape index (κ2) is 8.82. The van der Waals surface area contributed by atoms with Crippen molar-refractivity contribution in [3.63, 3.8) is 0 Å². The van der Waals surface area contributed by atoms with Crippen molar-refractivity contribution < 1.29 is 8.42 Å². The van der Waals surface area contributed by atoms with Crippen molar-refractivity contribution in [3.8, 4) is 0 Å². The van der Waals surface area contributed by atoms with Gasteiger partial charge in [-0.1, -0.05) is 41.4 Å². The van der Waals surface area contributed by atoms with Crippen LogP contribution in [0.15, 0.2) is 53.4 Å². The van der Waals surface area contributed by atoms with Gasteiger partial charge < -0.3 is 4.90 Å². The number of hydrogen-bond acceptors (Lipinski definition) is 4. The molecule has 2 aromatic carbocycles. The second-order valence-corrected chi connectivity index (χ2v) is 10.1. The van der Waals surface area contributed by atoms with Gasteiger partial charge in [-0.2, -0.15) is 9.40 Å². The Morgan fingerprint density at radius 3 is 2.29 bits per heavy atom. The van der Waals surface area contributed by atoms with Crippen LogP contribution in [0.3, 0.4) is 0 Å². The van der Waals surface area contributed by atoms with Crippen LogP contribution in [-0.2, 0) is 16.6 Å². The minimum Gasteiger partial charge on any atom is -0.355 e. The standard InChI is InChI=1S/C22H24Cl2N4O2S/c1-3-26(4-2)22-17-14-16(31(29,30)27-12-5-6-13-27)10-11-21(17)28(25-22)15-18-19(23)8-7-9-20(18)24/h5-11,14H,3-4,12-13,15H2,1-2H3. The molecular formula is C22H24Cl2N4O2S. The van der Waals surface area contributed by atoms with Gasteiger partial charge in [0.25, 0.3) is 0 Å². The highest BCUT2D eigenvalue weighted by atomic mass is 35.5. The molecule has 0 N–H and O–H groups in total. The summed E-state index contributed by atoms with van der Waals surface area (Å²) in [7, 11) is -3.58. The third-order valence-electron chi connectivity index (χ3n) is 5.56. The van der Waals surface area contributed by atoms with Crippen LogP contribution in [0.2, 0.25) is 10.0 Å². The smallest absolute Gasteiger partial charge is 0.243 e. The van der Waals surface area contributed by atoms with Crippen LogP contribution >= 0.6 is 23.2 Å². The molecule has 0 spiro atoms. The highest BCUT2D eigenvalue weighted by Crippen LogP contribution is 2.32. The first kappa shape index (κ1) is 22.1. The van der Waals surface area contributed by atoms with Gasteiger partial charge in [-0.3, -0.25) is 4.68 Å². The zero-order valence-electron chi connectivity index (χ0n) is 17.4. The van der Waals surface area contributed by atoms with Gasteiger partial charge in [0.05, 0.1) is 17.0 Å². The Morgan fingerprint density at radius 2 is 1.68 bits per heavy atom. The first-order valence-electron chi connectivity index (χ1n) is 10.2. The van der Waals surface area contributed by atoms with Crippen LogP contribution in [0.25, 0.3) is 10.9 Å². The molecule has 0 radical (unpaired) electrons. The van der Waals surface area contributed by atoms with Gasteiger partial charge in [0.2, 0.25) is 10.0 Å². The van der Waals surface area contributed by atoms with E-state index in [2.05, 4.69) is 18.7 Å². The van der Waals surface area contributed by atoms with Crippen molar-refractivity contribution in [2.75, 3.05) is 31.1 Å². The first-order chi connectivity index (χ1) is 14.9. The highest BCUT2D eigenvalue weighted by Gasteiger charge is 2.26. The Bertz CT molecular complexity index is 1220. The van der Waals surface area contributed by atoms with Crippen LogP contribution < -0.4 is 4.90 Å². The number of benzene rings is 2. The van der Waals surface area contributed by atoms with E-state index in [1.165, 1.54) is 4.31 Å². The fourth-order valence-electron chi connectivity index (χ4n) is 3.82. The predicted molar refractivity (Wildman–Crippen MR) is 127 cm³/mol. The summed E-state index contributed by atoms with van der Waals surface area (Å²) in [5.41, 5.74) is 1.61. The summed E-state index contributed by atoms with van der Waals surface area (Å²) in [6.07, 6.45) is 3.73. The van der Waals surface area contributed by atoms with Crippen LogP contribution in [0.4, 0.5) is 5.82 Å². The van der Waals surface area contributed by atoms with Crippen LogP contribution in [0.1, 0.15) is 19.4 Å². The molecule has 0 amide bonds. The summed E-state index contributed by atoms with van der Waals surface area (Å²) in [5, 5.41) is 6.77. The Balaban J connectivity index is 1.85. The lowest BCUT2D eigenvalue weighted by Gasteiger charge is -2.19. The minimum atomic E-state index is -3.58. The molecule has 1 aliphatic rings. The van der Waals surface area contributed by atoms with E-state index in [0.29, 0.717) is 29.7 Å². The molecule has 0 aliphatic carbocycles. The van der Waals surface area contributed by atoms with E-state index in [0.717, 1.165) is 35.4 Å². The van der Waals surface area contributed by atoms with Gasteiger partial charge in [-0.25, -0.2) is 8.42 Å². The molecule has 0 atom stereocenters. The Labute approximate surface area is 192 Å². The number of rotatable bonds is 7. The van der Waals surface area contributed by atoms with Crippen molar-refractivity contribution in [2.45, 2.75) is 25.3 Å². The number of aromatic nitrogens is 2. The van der Waals surface area contributed by atoms with Gasteiger partial charge in [0, 0.05) is 47.2 Å². The number of anilines is 1. The van der Waals surface area contributed by atoms with Crippen LogP contribution in [-0.4, -0.2) is 48.7 Å². The molecule has 0 saturated heterocycles. The van der Waals surface area contributed by atoms with Crippen molar-refractivity contribution in [1.82, 2.24) is 14.1 Å². The molecule has 9 heteroatoms. The molecule has 2 heterocycles. The van der Waals surface area contributed by atoms with E-state index in [4.69, 9.17) is 28.3 Å². The Morgan fingerprint density at radius 1 is 1.03 bits per heavy atom. The predicted octanol–water partition coefficient (Wildman–Crippen LogP) is 4.80. The van der Waals surface area contributed by atoms with Crippen molar-refractivity contribution in [2.24, 2.45) is 0 Å². The lowest BCUT2D eigenvalue weighted by molar-refractivity contribution is 0.488. The molecule has 0 bridgehead atoms. The molecule has 0 saturated carbocycles. The van der Waals surface area contributed by atoms with E-state index in [-0.39, 0.29) is 4.90 Å². The topological polar surface area (TPSA) is 58.4 Å². The molecule has 31 heavy (non-hydrogen) atoms. The number of halogens is 2. The summed E-state index contributed by atoms with van der Waals surface area (Å²) < 4.78 is 29.5. The number of hydrogen-bond donors (Lipinski definition) is 0. The van der Waals surface area contributed by atoms with E-state index in [1.807, 2.05) is 22.9 Å². The van der Waals surface area contributed by atoms with Crippen LogP contribution in [0.5, 0.6) is 0 Å². The molecule has 6 nitrogen and oxygen atoms in total. The Hall–Kier alpha value is -2.06. The van der Waals surface area contributed by atoms with Crippen molar-refractivity contribution in [1.29, 1.82) is 0 Å². The minimum absolute atomic E-state index is 0.271. The van der Waals surface area contributed by atoms with Gasteiger partial charge >= 0.3 is 0 Å². The first-order valence-corrected chi connectivity index (χ1v) is 12.4. The quantitative estimate of drug-likeness (QED) is 0.457. The van der Waals surface area contributed by atoms with Gasteiger partial charge in [-0.05, 0) is 44.2 Å². The highest BCUT2D eigenvalue weighted by molar-refractivity contribution is 7.89. The maximum absolute atomic E-state index is 13.1. The Kier molecular flexibility index (Phi) is 6.30. The second-order valence-electron chi connectivity index (χ2n) is 7.33. The summed E-state index contributed by atoms with van der Waals surface area (Å²) in [4.78, 5) is 2.38. The van der Waals surface area contributed by atoms with Gasteiger partial charge in [0.15, 0.2) is 5.82 Å². The molecule has 0 fully saturated rings. The molecule has 1 aromatic heterocycles. The molecule has 164 valence electrons. The van der Waals surface area contributed by atoms with Gasteiger partial charge in [0.1, 0.15) is 0 Å². The van der Waals surface area contributed by atoms with Crippen LogP contribution in [0, 0.1) is 0 Å². The zero-order chi connectivity index (χ0) is 22.2. The molecule has 3 aromatic rings. The summed E-state index contributed by atoms with van der Waals surface area (Å²) >= 11 is 12.8. The summed E-state index contributed by atoms with van der Waals surface area (Å²) in [6.45, 7) is 6.79. The maximum Gasteiger partial charge on any atom is 0.243 e. The third kappa shape index (κ3) is 4.07. The number of sulfonamides is 1. The SMILES string of the molecule is CCN(CC)c1nn(Cc2c(Cl)cccc2Cl)c2ccc(S(=O)(=O)N3CC=CC3)cc12. The zero-order valence-corrected chi connectivity index (χ0v) is 19.8. The lowest BCUT2D eigenvalue weighted by Crippen LogP contribution is -2.28. The normalized spacial score (nSPS) is 14.6. The number of nitrogens with zero attached hydrogens (tertiary/aromatic N) is 4. The van der Waals surface area contributed by atoms with E-state index in [1.54, 1.807) is 30.3 Å². The van der Waals surface area contributed by atoms with E-state index < -0.39 is 10.0 Å². The van der Waals surface area contributed by atoms with E-state index in [9.17, 15) is 8.42 Å². The molecular weight excluding hydrogens is 455 g/mol. The van der Waals surface area contributed by atoms with Gasteiger partial charge in [-0.15, -0.1) is 0 Å². The van der Waals surface area contributed by atoms with Crippen molar-refractivity contribution >= 4 is 49.9 Å². The third-order valence-corrected chi connectivity index (χ3v) is 8.09. The fourth-order valence-corrected chi connectivity index (χ4v) is 5.70. The molecule has 4 rings (SSSR count). The maximum atomic E-state index is 13.1. The summed E-state index contributed by atoms with van der Waals surface area (Å²) in [5.74, 6) is 0.750. The monoisotopic (exact) mass is 478 g/mol. The summed E-state index contributed by atoms with van der Waals surface area (Å²) in [6, 6.07) is 10.6. The number of fused-ring (bicyclic) bond motifs is 1. The molecule has 0 unspecified atom stereocenters. The lowest BCUT2D eigenvalue weighted by atomic mass is 10.2.